The summed E-state index contributed by atoms with van der Waals surface area (Å²) in [6, 6.07) is 5.98. The smallest absolute Gasteiger partial charge is 0.228 e. The van der Waals surface area contributed by atoms with Crippen molar-refractivity contribution in [2.24, 2.45) is 0 Å². The maximum Gasteiger partial charge on any atom is 0.228 e. The van der Waals surface area contributed by atoms with Gasteiger partial charge in [-0.2, -0.15) is 0 Å². The molecule has 2 aromatic rings. The average molecular weight is 172 g/mol. The highest BCUT2D eigenvalue weighted by Crippen LogP contribution is 2.30. The van der Waals surface area contributed by atoms with Crippen LogP contribution in [-0.2, 0) is 11.2 Å². The Hall–Kier alpha value is -1.77. The third-order valence-electron chi connectivity index (χ3n) is 2.42. The lowest BCUT2D eigenvalue weighted by atomic mass is 10.0. The lowest BCUT2D eigenvalue weighted by Gasteiger charge is -2.12. The van der Waals surface area contributed by atoms with Crippen LogP contribution >= 0.6 is 0 Å². The summed E-state index contributed by atoms with van der Waals surface area (Å²) in [5, 5.41) is 3.99. The number of benzene rings is 1. The summed E-state index contributed by atoms with van der Waals surface area (Å²) in [5.41, 5.74) is 3.10. The molecule has 1 aromatic heterocycles. The maximum absolute atomic E-state index is 11.2. The van der Waals surface area contributed by atoms with Gasteiger partial charge in [-0.15, -0.1) is 0 Å². The molecule has 3 heteroatoms. The van der Waals surface area contributed by atoms with Gasteiger partial charge in [-0.25, -0.2) is 0 Å². The van der Waals surface area contributed by atoms with Crippen LogP contribution in [0.25, 0.3) is 10.9 Å². The number of rotatable bonds is 0. The van der Waals surface area contributed by atoms with Crippen molar-refractivity contribution in [3.05, 3.63) is 30.0 Å². The number of amides is 1. The largest absolute Gasteiger partial charge is 0.359 e. The topological polar surface area (TPSA) is 44.9 Å². The number of aromatic amines is 1. The number of carbonyl (C=O) groups is 1. The van der Waals surface area contributed by atoms with Crippen LogP contribution in [0.3, 0.4) is 0 Å². The molecule has 0 atom stereocenters. The van der Waals surface area contributed by atoms with Gasteiger partial charge in [-0.3, -0.25) is 4.79 Å². The summed E-state index contributed by atoms with van der Waals surface area (Å²) in [6.07, 6.45) is 2.33. The van der Waals surface area contributed by atoms with E-state index in [1.807, 2.05) is 24.4 Å². The van der Waals surface area contributed by atoms with Crippen molar-refractivity contribution in [2.45, 2.75) is 6.42 Å². The van der Waals surface area contributed by atoms with Crippen molar-refractivity contribution < 1.29 is 4.79 Å². The number of H-pyrrole nitrogens is 1. The van der Waals surface area contributed by atoms with Crippen LogP contribution < -0.4 is 5.32 Å². The maximum atomic E-state index is 11.2. The molecule has 0 spiro atoms. The molecule has 0 saturated heterocycles. The third-order valence-corrected chi connectivity index (χ3v) is 2.42. The Morgan fingerprint density at radius 1 is 1.31 bits per heavy atom. The highest BCUT2D eigenvalue weighted by atomic mass is 16.1. The zero-order valence-electron chi connectivity index (χ0n) is 6.92. The molecule has 2 heterocycles. The van der Waals surface area contributed by atoms with Crippen molar-refractivity contribution >= 4 is 22.5 Å². The quantitative estimate of drug-likeness (QED) is 0.623. The molecule has 1 aliphatic rings. The Labute approximate surface area is 74.8 Å². The molecule has 0 radical (unpaired) electrons. The van der Waals surface area contributed by atoms with Crippen LogP contribution in [0.15, 0.2) is 24.4 Å². The van der Waals surface area contributed by atoms with Crippen LogP contribution in [0.1, 0.15) is 5.56 Å². The van der Waals surface area contributed by atoms with Crippen LogP contribution in [-0.4, -0.2) is 10.9 Å². The van der Waals surface area contributed by atoms with E-state index >= 15 is 0 Å². The fraction of sp³-hybridized carbons (Fsp3) is 0.100. The SMILES string of the molecule is O=C1Cc2cccc3[nH]cc(c23)N1. The van der Waals surface area contributed by atoms with E-state index < -0.39 is 0 Å². The summed E-state index contributed by atoms with van der Waals surface area (Å²) in [4.78, 5) is 14.4. The number of nitrogens with one attached hydrogen (secondary N) is 2. The van der Waals surface area contributed by atoms with Gasteiger partial charge in [0.05, 0.1) is 12.1 Å². The second-order valence-corrected chi connectivity index (χ2v) is 3.27. The first kappa shape index (κ1) is 6.71. The summed E-state index contributed by atoms with van der Waals surface area (Å²) < 4.78 is 0. The second-order valence-electron chi connectivity index (χ2n) is 3.27. The van der Waals surface area contributed by atoms with E-state index in [9.17, 15) is 4.79 Å². The minimum atomic E-state index is 0.0691. The van der Waals surface area contributed by atoms with Crippen molar-refractivity contribution in [2.75, 3.05) is 5.32 Å². The number of carbonyl (C=O) groups excluding carboxylic acids is 1. The molecule has 0 saturated carbocycles. The highest BCUT2D eigenvalue weighted by Gasteiger charge is 2.17. The van der Waals surface area contributed by atoms with Crippen LogP contribution in [0.2, 0.25) is 0 Å². The van der Waals surface area contributed by atoms with E-state index in [0.29, 0.717) is 6.42 Å². The van der Waals surface area contributed by atoms with Crippen molar-refractivity contribution in [3.63, 3.8) is 0 Å². The van der Waals surface area contributed by atoms with Crippen molar-refractivity contribution in [3.8, 4) is 0 Å². The monoisotopic (exact) mass is 172 g/mol. The van der Waals surface area contributed by atoms with E-state index in [-0.39, 0.29) is 5.91 Å². The van der Waals surface area contributed by atoms with Gasteiger partial charge in [0, 0.05) is 17.1 Å². The van der Waals surface area contributed by atoms with Gasteiger partial charge >= 0.3 is 0 Å². The van der Waals surface area contributed by atoms with Gasteiger partial charge in [-0.05, 0) is 11.6 Å². The number of aromatic nitrogens is 1. The molecule has 0 aliphatic carbocycles. The normalized spacial score (nSPS) is 14.6. The molecule has 1 aromatic carbocycles. The van der Waals surface area contributed by atoms with Crippen LogP contribution in [0.4, 0.5) is 5.69 Å². The van der Waals surface area contributed by atoms with Gasteiger partial charge in [-0.1, -0.05) is 12.1 Å². The molecule has 1 aliphatic heterocycles. The van der Waals surface area contributed by atoms with Crippen LogP contribution in [0.5, 0.6) is 0 Å². The number of hydrogen-bond donors (Lipinski definition) is 2. The van der Waals surface area contributed by atoms with Gasteiger partial charge in [0.2, 0.25) is 5.91 Å². The van der Waals surface area contributed by atoms with E-state index in [4.69, 9.17) is 0 Å². The minimum absolute atomic E-state index is 0.0691. The zero-order valence-corrected chi connectivity index (χ0v) is 6.92. The van der Waals surface area contributed by atoms with E-state index in [1.165, 1.54) is 0 Å². The molecule has 0 bridgehead atoms. The second kappa shape index (κ2) is 2.13. The summed E-state index contributed by atoms with van der Waals surface area (Å²) in [7, 11) is 0. The first-order chi connectivity index (χ1) is 6.34. The Balaban J connectivity index is 2.44. The average Bonchev–Trinajstić information content (AvgIpc) is 2.50. The van der Waals surface area contributed by atoms with E-state index in [0.717, 1.165) is 22.2 Å². The van der Waals surface area contributed by atoms with Gasteiger partial charge in [0.25, 0.3) is 0 Å². The zero-order chi connectivity index (χ0) is 8.84. The number of hydrogen-bond acceptors (Lipinski definition) is 1. The summed E-state index contributed by atoms with van der Waals surface area (Å²) in [6.45, 7) is 0. The molecule has 13 heavy (non-hydrogen) atoms. The predicted octanol–water partition coefficient (Wildman–Crippen LogP) is 1.66. The lowest BCUT2D eigenvalue weighted by Crippen LogP contribution is -2.18. The fourth-order valence-electron chi connectivity index (χ4n) is 1.87. The highest BCUT2D eigenvalue weighted by molar-refractivity contribution is 6.08. The molecule has 64 valence electrons. The first-order valence-corrected chi connectivity index (χ1v) is 4.23. The van der Waals surface area contributed by atoms with Gasteiger partial charge in [0.1, 0.15) is 0 Å². The molecule has 3 nitrogen and oxygen atoms in total. The molecule has 0 fully saturated rings. The molecule has 1 amide bonds. The predicted molar refractivity (Wildman–Crippen MR) is 50.6 cm³/mol. The van der Waals surface area contributed by atoms with Crippen molar-refractivity contribution in [1.29, 1.82) is 0 Å². The molecular weight excluding hydrogens is 164 g/mol. The molecule has 3 rings (SSSR count). The van der Waals surface area contributed by atoms with Crippen molar-refractivity contribution in [1.82, 2.24) is 4.98 Å². The molecular formula is C10H8N2O. The lowest BCUT2D eigenvalue weighted by molar-refractivity contribution is -0.115. The Kier molecular flexibility index (Phi) is 1.10. The number of anilines is 1. The first-order valence-electron chi connectivity index (χ1n) is 4.23. The Bertz CT molecular complexity index is 499. The van der Waals surface area contributed by atoms with E-state index in [2.05, 4.69) is 10.3 Å². The van der Waals surface area contributed by atoms with Crippen LogP contribution in [0, 0.1) is 0 Å². The Morgan fingerprint density at radius 2 is 2.23 bits per heavy atom. The summed E-state index contributed by atoms with van der Waals surface area (Å²) >= 11 is 0. The minimum Gasteiger partial charge on any atom is -0.359 e. The fourth-order valence-corrected chi connectivity index (χ4v) is 1.87. The molecule has 2 N–H and O–H groups in total. The third kappa shape index (κ3) is 0.811. The summed E-state index contributed by atoms with van der Waals surface area (Å²) in [5.74, 6) is 0.0691. The van der Waals surface area contributed by atoms with Gasteiger partial charge < -0.3 is 10.3 Å². The standard InChI is InChI=1S/C10H8N2O/c13-9-4-6-2-1-3-7-10(6)8(12-9)5-11-7/h1-3,5,11H,4H2,(H,12,13). The Morgan fingerprint density at radius 3 is 3.15 bits per heavy atom. The van der Waals surface area contributed by atoms with Gasteiger partial charge in [0.15, 0.2) is 0 Å². The molecule has 0 unspecified atom stereocenters. The van der Waals surface area contributed by atoms with E-state index in [1.54, 1.807) is 0 Å².